The number of hydrogen-bond donors (Lipinski definition) is 1. The molecule has 0 unspecified atom stereocenters. The van der Waals surface area contributed by atoms with Crippen molar-refractivity contribution in [2.24, 2.45) is 0 Å². The third kappa shape index (κ3) is 2.81. The fourth-order valence-corrected chi connectivity index (χ4v) is 1.84. The van der Waals surface area contributed by atoms with E-state index in [1.54, 1.807) is 35.2 Å². The van der Waals surface area contributed by atoms with Crippen LogP contribution in [-0.2, 0) is 6.54 Å². The van der Waals surface area contributed by atoms with Crippen LogP contribution in [-0.4, -0.2) is 15.6 Å². The van der Waals surface area contributed by atoms with E-state index in [9.17, 15) is 4.79 Å². The van der Waals surface area contributed by atoms with E-state index in [0.29, 0.717) is 16.6 Å². The van der Waals surface area contributed by atoms with Crippen LogP contribution >= 0.6 is 23.2 Å². The second kappa shape index (κ2) is 4.82. The number of aromatic nitrogens is 1. The highest BCUT2D eigenvalue weighted by molar-refractivity contribution is 6.42. The van der Waals surface area contributed by atoms with Gasteiger partial charge in [0.2, 0.25) is 0 Å². The minimum atomic E-state index is -0.933. The highest BCUT2D eigenvalue weighted by Gasteiger charge is 2.05. The Morgan fingerprint density at radius 2 is 2.00 bits per heavy atom. The van der Waals surface area contributed by atoms with Crippen molar-refractivity contribution in [3.8, 4) is 0 Å². The van der Waals surface area contributed by atoms with Gasteiger partial charge in [0.15, 0.2) is 0 Å². The van der Waals surface area contributed by atoms with E-state index >= 15 is 0 Å². The number of hydrogen-bond acceptors (Lipinski definition) is 1. The third-order valence-electron chi connectivity index (χ3n) is 2.35. The summed E-state index contributed by atoms with van der Waals surface area (Å²) in [6, 6.07) is 6.90. The molecule has 1 aromatic carbocycles. The van der Waals surface area contributed by atoms with Crippen molar-refractivity contribution in [3.63, 3.8) is 0 Å². The summed E-state index contributed by atoms with van der Waals surface area (Å²) in [7, 11) is 0. The molecule has 3 nitrogen and oxygen atoms in total. The molecule has 0 aliphatic rings. The molecular weight excluding hydrogens is 261 g/mol. The van der Waals surface area contributed by atoms with Crippen molar-refractivity contribution in [1.82, 2.24) is 4.57 Å². The summed E-state index contributed by atoms with van der Waals surface area (Å²) < 4.78 is 1.78. The number of benzene rings is 1. The van der Waals surface area contributed by atoms with Gasteiger partial charge in [-0.1, -0.05) is 29.3 Å². The molecule has 0 fully saturated rings. The first-order valence-electron chi connectivity index (χ1n) is 4.89. The number of halogens is 2. The second-order valence-corrected chi connectivity index (χ2v) is 4.44. The highest BCUT2D eigenvalue weighted by Crippen LogP contribution is 2.23. The van der Waals surface area contributed by atoms with Crippen LogP contribution in [0.15, 0.2) is 36.7 Å². The smallest absolute Gasteiger partial charge is 0.337 e. The van der Waals surface area contributed by atoms with Gasteiger partial charge in [0.05, 0.1) is 15.6 Å². The topological polar surface area (TPSA) is 42.2 Å². The van der Waals surface area contributed by atoms with Crippen LogP contribution in [0.2, 0.25) is 10.0 Å². The van der Waals surface area contributed by atoms with E-state index in [1.165, 1.54) is 0 Å². The molecule has 2 rings (SSSR count). The fraction of sp³-hybridized carbons (Fsp3) is 0.0833. The van der Waals surface area contributed by atoms with Gasteiger partial charge in [0, 0.05) is 18.9 Å². The number of carboxylic acid groups (broad SMARTS) is 1. The summed E-state index contributed by atoms with van der Waals surface area (Å²) in [5, 5.41) is 9.80. The van der Waals surface area contributed by atoms with Crippen LogP contribution in [0.4, 0.5) is 0 Å². The molecule has 0 saturated carbocycles. The SMILES string of the molecule is O=C(O)c1ccn(Cc2ccc(Cl)c(Cl)c2)c1. The average molecular weight is 270 g/mol. The first-order valence-corrected chi connectivity index (χ1v) is 5.65. The molecule has 5 heteroatoms. The summed E-state index contributed by atoms with van der Waals surface area (Å²) in [6.07, 6.45) is 3.29. The molecule has 0 radical (unpaired) electrons. The first kappa shape index (κ1) is 12.0. The van der Waals surface area contributed by atoms with Gasteiger partial charge in [-0.3, -0.25) is 0 Å². The van der Waals surface area contributed by atoms with E-state index in [0.717, 1.165) is 5.56 Å². The third-order valence-corrected chi connectivity index (χ3v) is 3.09. The molecule has 0 amide bonds. The molecule has 17 heavy (non-hydrogen) atoms. The number of aromatic carboxylic acids is 1. The van der Waals surface area contributed by atoms with Gasteiger partial charge in [0.1, 0.15) is 0 Å². The lowest BCUT2D eigenvalue weighted by Crippen LogP contribution is -1.98. The Kier molecular flexibility index (Phi) is 3.41. The van der Waals surface area contributed by atoms with E-state index in [-0.39, 0.29) is 5.56 Å². The number of nitrogens with zero attached hydrogens (tertiary/aromatic N) is 1. The van der Waals surface area contributed by atoms with Crippen LogP contribution in [0.3, 0.4) is 0 Å². The zero-order valence-corrected chi connectivity index (χ0v) is 10.2. The van der Waals surface area contributed by atoms with Crippen molar-refractivity contribution >= 4 is 29.2 Å². The minimum absolute atomic E-state index is 0.269. The predicted octanol–water partition coefficient (Wildman–Crippen LogP) is 3.54. The van der Waals surface area contributed by atoms with Gasteiger partial charge in [0.25, 0.3) is 0 Å². The molecule has 0 spiro atoms. The Balaban J connectivity index is 2.19. The molecule has 1 heterocycles. The summed E-state index contributed by atoms with van der Waals surface area (Å²) in [5.41, 5.74) is 1.23. The van der Waals surface area contributed by atoms with Gasteiger partial charge in [-0.15, -0.1) is 0 Å². The van der Waals surface area contributed by atoms with E-state index in [4.69, 9.17) is 28.3 Å². The van der Waals surface area contributed by atoms with Crippen molar-refractivity contribution in [1.29, 1.82) is 0 Å². The van der Waals surface area contributed by atoms with Crippen LogP contribution < -0.4 is 0 Å². The van der Waals surface area contributed by atoms with E-state index < -0.39 is 5.97 Å². The van der Waals surface area contributed by atoms with Gasteiger partial charge < -0.3 is 9.67 Å². The van der Waals surface area contributed by atoms with Gasteiger partial charge in [-0.05, 0) is 23.8 Å². The Morgan fingerprint density at radius 1 is 1.24 bits per heavy atom. The first-order chi connectivity index (χ1) is 8.06. The van der Waals surface area contributed by atoms with Crippen molar-refractivity contribution in [3.05, 3.63) is 57.8 Å². The van der Waals surface area contributed by atoms with Crippen LogP contribution in [0.1, 0.15) is 15.9 Å². The van der Waals surface area contributed by atoms with Gasteiger partial charge >= 0.3 is 5.97 Å². The minimum Gasteiger partial charge on any atom is -0.478 e. The highest BCUT2D eigenvalue weighted by atomic mass is 35.5. The molecule has 1 aromatic heterocycles. The van der Waals surface area contributed by atoms with E-state index in [2.05, 4.69) is 0 Å². The average Bonchev–Trinajstić information content (AvgIpc) is 2.72. The Bertz CT molecular complexity index is 563. The molecule has 88 valence electrons. The molecule has 0 atom stereocenters. The largest absolute Gasteiger partial charge is 0.478 e. The molecule has 0 bridgehead atoms. The summed E-state index contributed by atoms with van der Waals surface area (Å²) in [5.74, 6) is -0.933. The Labute approximate surface area is 108 Å². The van der Waals surface area contributed by atoms with Crippen molar-refractivity contribution < 1.29 is 9.90 Å². The summed E-state index contributed by atoms with van der Waals surface area (Å²) in [4.78, 5) is 10.7. The summed E-state index contributed by atoms with van der Waals surface area (Å²) in [6.45, 7) is 0.560. The maximum atomic E-state index is 10.7. The number of rotatable bonds is 3. The maximum Gasteiger partial charge on any atom is 0.337 e. The molecular formula is C12H9Cl2NO2. The Hall–Kier alpha value is -1.45. The zero-order valence-electron chi connectivity index (χ0n) is 8.73. The maximum absolute atomic E-state index is 10.7. The zero-order chi connectivity index (χ0) is 12.4. The lowest BCUT2D eigenvalue weighted by atomic mass is 10.2. The van der Waals surface area contributed by atoms with Crippen molar-refractivity contribution in [2.45, 2.75) is 6.54 Å². The quantitative estimate of drug-likeness (QED) is 0.926. The summed E-state index contributed by atoms with van der Waals surface area (Å²) >= 11 is 11.7. The van der Waals surface area contributed by atoms with Gasteiger partial charge in [-0.2, -0.15) is 0 Å². The van der Waals surface area contributed by atoms with Crippen LogP contribution in [0.5, 0.6) is 0 Å². The van der Waals surface area contributed by atoms with Gasteiger partial charge in [-0.25, -0.2) is 4.79 Å². The predicted molar refractivity (Wildman–Crippen MR) is 67.0 cm³/mol. The molecule has 0 saturated heterocycles. The lowest BCUT2D eigenvalue weighted by molar-refractivity contribution is 0.0697. The normalized spacial score (nSPS) is 10.5. The standard InChI is InChI=1S/C12H9Cl2NO2/c13-10-2-1-8(5-11(10)14)6-15-4-3-9(7-15)12(16)17/h1-5,7H,6H2,(H,16,17). The molecule has 0 aliphatic heterocycles. The van der Waals surface area contributed by atoms with Crippen LogP contribution in [0, 0.1) is 0 Å². The second-order valence-electron chi connectivity index (χ2n) is 3.63. The molecule has 2 aromatic rings. The number of carboxylic acids is 1. The Morgan fingerprint density at radius 3 is 2.59 bits per heavy atom. The fourth-order valence-electron chi connectivity index (χ4n) is 1.51. The monoisotopic (exact) mass is 269 g/mol. The number of carbonyl (C=O) groups is 1. The lowest BCUT2D eigenvalue weighted by Gasteiger charge is -2.04. The van der Waals surface area contributed by atoms with E-state index in [1.807, 2.05) is 6.07 Å². The molecule has 0 aliphatic carbocycles. The van der Waals surface area contributed by atoms with Crippen LogP contribution in [0.25, 0.3) is 0 Å². The molecule has 1 N–H and O–H groups in total. The van der Waals surface area contributed by atoms with Crippen molar-refractivity contribution in [2.75, 3.05) is 0 Å².